The molecule has 0 saturated heterocycles. The second kappa shape index (κ2) is 49.4. The highest BCUT2D eigenvalue weighted by Gasteiger charge is 2.19. The van der Waals surface area contributed by atoms with Crippen LogP contribution in [-0.4, -0.2) is 37.2 Å². The lowest BCUT2D eigenvalue weighted by Crippen LogP contribution is -2.30. The molecule has 63 heavy (non-hydrogen) atoms. The lowest BCUT2D eigenvalue weighted by molar-refractivity contribution is -0.166. The van der Waals surface area contributed by atoms with E-state index in [0.29, 0.717) is 25.7 Å². The summed E-state index contributed by atoms with van der Waals surface area (Å²) >= 11 is 0. The molecular formula is C57H82O6. The Labute approximate surface area is 383 Å². The summed E-state index contributed by atoms with van der Waals surface area (Å²) in [6.07, 6.45) is 73.6. The largest absolute Gasteiger partial charge is 0.462 e. The molecule has 1 unspecified atom stereocenters. The van der Waals surface area contributed by atoms with Crippen molar-refractivity contribution in [2.75, 3.05) is 13.2 Å². The highest BCUT2D eigenvalue weighted by molar-refractivity contribution is 5.71. The predicted octanol–water partition coefficient (Wildman–Crippen LogP) is 15.6. The summed E-state index contributed by atoms with van der Waals surface area (Å²) in [7, 11) is 0. The van der Waals surface area contributed by atoms with Gasteiger partial charge < -0.3 is 14.2 Å². The van der Waals surface area contributed by atoms with Gasteiger partial charge in [0.25, 0.3) is 0 Å². The Balaban J connectivity index is 4.67. The van der Waals surface area contributed by atoms with Crippen LogP contribution in [0.2, 0.25) is 0 Å². The van der Waals surface area contributed by atoms with Gasteiger partial charge in [-0.05, 0) is 89.9 Å². The molecule has 0 N–H and O–H groups in total. The molecule has 0 aliphatic rings. The molecule has 6 nitrogen and oxygen atoms in total. The topological polar surface area (TPSA) is 78.9 Å². The zero-order valence-corrected chi connectivity index (χ0v) is 39.2. The summed E-state index contributed by atoms with van der Waals surface area (Å²) in [5.41, 5.74) is 0. The normalized spacial score (nSPS) is 13.6. The number of rotatable bonds is 39. The molecule has 0 heterocycles. The van der Waals surface area contributed by atoms with Crippen LogP contribution >= 0.6 is 0 Å². The van der Waals surface area contributed by atoms with E-state index in [9.17, 15) is 14.4 Å². The lowest BCUT2D eigenvalue weighted by Gasteiger charge is -2.18. The van der Waals surface area contributed by atoms with E-state index in [-0.39, 0.29) is 32.0 Å². The molecule has 0 saturated carbocycles. The Morgan fingerprint density at radius 2 is 0.698 bits per heavy atom. The fourth-order valence-electron chi connectivity index (χ4n) is 5.44. The average Bonchev–Trinajstić information content (AvgIpc) is 3.28. The number of carbonyl (C=O) groups excluding carboxylic acids is 3. The van der Waals surface area contributed by atoms with E-state index < -0.39 is 18.0 Å². The molecule has 0 aromatic rings. The third-order valence-corrected chi connectivity index (χ3v) is 8.90. The van der Waals surface area contributed by atoms with Crippen LogP contribution in [0.5, 0.6) is 0 Å². The average molecular weight is 863 g/mol. The van der Waals surface area contributed by atoms with E-state index in [4.69, 9.17) is 14.2 Å². The lowest BCUT2D eigenvalue weighted by atomic mass is 10.1. The summed E-state index contributed by atoms with van der Waals surface area (Å²) in [6.45, 7) is 6.05. The zero-order valence-electron chi connectivity index (χ0n) is 39.2. The van der Waals surface area contributed by atoms with Crippen LogP contribution < -0.4 is 0 Å². The Kier molecular flexibility index (Phi) is 45.3. The van der Waals surface area contributed by atoms with E-state index in [1.54, 1.807) is 0 Å². The van der Waals surface area contributed by atoms with Crippen LogP contribution in [0.1, 0.15) is 149 Å². The van der Waals surface area contributed by atoms with Gasteiger partial charge in [0, 0.05) is 19.3 Å². The Bertz CT molecular complexity index is 1550. The van der Waals surface area contributed by atoms with Crippen LogP contribution in [0, 0.1) is 0 Å². The van der Waals surface area contributed by atoms with E-state index in [1.807, 2.05) is 79.0 Å². The number of carbonyl (C=O) groups is 3. The quantitative estimate of drug-likeness (QED) is 0.0201. The Hall–Kier alpha value is -5.23. The number of hydrogen-bond acceptors (Lipinski definition) is 6. The van der Waals surface area contributed by atoms with Crippen LogP contribution in [0.15, 0.2) is 170 Å². The van der Waals surface area contributed by atoms with E-state index >= 15 is 0 Å². The number of hydrogen-bond donors (Lipinski definition) is 0. The number of ether oxygens (including phenoxy) is 3. The van der Waals surface area contributed by atoms with Crippen molar-refractivity contribution >= 4 is 17.9 Å². The van der Waals surface area contributed by atoms with Gasteiger partial charge in [-0.25, -0.2) is 0 Å². The maximum absolute atomic E-state index is 12.7. The maximum atomic E-state index is 12.7. The first-order valence-electron chi connectivity index (χ1n) is 23.7. The van der Waals surface area contributed by atoms with Gasteiger partial charge in [0.05, 0.1) is 0 Å². The molecule has 0 radical (unpaired) electrons. The Morgan fingerprint density at radius 3 is 1.19 bits per heavy atom. The monoisotopic (exact) mass is 863 g/mol. The van der Waals surface area contributed by atoms with Crippen molar-refractivity contribution in [2.45, 2.75) is 155 Å². The first-order valence-corrected chi connectivity index (χ1v) is 23.7. The SMILES string of the molecule is CC\C=C/C=C\C=C/C=C\C=C/CCCC(=O)OC(COC(=O)CC/C=C\C/C=C\C/C=C\C/C=C\C/C=C\C/C=C\CC)COC(=O)CCCCCCC\C=C/C=C\C=C/CC. The summed E-state index contributed by atoms with van der Waals surface area (Å²) in [4.78, 5) is 37.8. The molecule has 1 atom stereocenters. The predicted molar refractivity (Wildman–Crippen MR) is 269 cm³/mol. The van der Waals surface area contributed by atoms with Crippen LogP contribution in [0.3, 0.4) is 0 Å². The summed E-state index contributed by atoms with van der Waals surface area (Å²) in [6, 6.07) is 0. The molecule has 0 aliphatic carbocycles. The van der Waals surface area contributed by atoms with Crippen molar-refractivity contribution in [3.05, 3.63) is 170 Å². The van der Waals surface area contributed by atoms with Crippen LogP contribution in [0.4, 0.5) is 0 Å². The van der Waals surface area contributed by atoms with E-state index in [1.165, 1.54) is 0 Å². The molecular weight excluding hydrogens is 781 g/mol. The molecule has 0 fully saturated rings. The van der Waals surface area contributed by atoms with Gasteiger partial charge in [0.2, 0.25) is 0 Å². The number of esters is 3. The van der Waals surface area contributed by atoms with Gasteiger partial charge in [-0.3, -0.25) is 14.4 Å². The van der Waals surface area contributed by atoms with Crippen LogP contribution in [0.25, 0.3) is 0 Å². The summed E-state index contributed by atoms with van der Waals surface area (Å²) in [5.74, 6) is -1.15. The second-order valence-corrected chi connectivity index (χ2v) is 14.7. The first kappa shape index (κ1) is 57.8. The molecule has 0 rings (SSSR count). The molecule has 0 aromatic heterocycles. The molecule has 0 bridgehead atoms. The minimum Gasteiger partial charge on any atom is -0.462 e. The minimum absolute atomic E-state index is 0.150. The summed E-state index contributed by atoms with van der Waals surface area (Å²) in [5, 5.41) is 0. The van der Waals surface area contributed by atoms with Crippen molar-refractivity contribution in [1.82, 2.24) is 0 Å². The fourth-order valence-corrected chi connectivity index (χ4v) is 5.44. The van der Waals surface area contributed by atoms with Crippen molar-refractivity contribution < 1.29 is 28.6 Å². The smallest absolute Gasteiger partial charge is 0.306 e. The van der Waals surface area contributed by atoms with Gasteiger partial charge in [-0.15, -0.1) is 0 Å². The van der Waals surface area contributed by atoms with Gasteiger partial charge in [-0.2, -0.15) is 0 Å². The number of unbranched alkanes of at least 4 members (excludes halogenated alkanes) is 6. The third-order valence-electron chi connectivity index (χ3n) is 8.90. The van der Waals surface area contributed by atoms with Gasteiger partial charge in [0.1, 0.15) is 13.2 Å². The standard InChI is InChI=1S/C57H82O6/c1-4-7-10-13-16-19-22-25-26-27-28-29-30-33-35-38-41-44-47-50-56(59)62-53-54(63-57(60)51-48-45-42-39-36-32-24-21-18-15-12-9-6-3)52-61-55(58)49-46-43-40-37-34-31-23-20-17-14-11-8-5-2/h7-12,14-21,23-26,28-29,32-33,35-36,39,41-42,44,54H,4-6,13,22,27,30-31,34,37-38,40,43,45-53H2,1-3H3/b10-7-,11-8-,12-9-,17-14-,18-15-,19-16-,23-20-,24-21-,26-25-,29-28-,35-33-,36-32-,42-39-,44-41-. The van der Waals surface area contributed by atoms with Crippen molar-refractivity contribution in [1.29, 1.82) is 0 Å². The molecule has 0 aromatic carbocycles. The molecule has 0 amide bonds. The molecule has 346 valence electrons. The van der Waals surface area contributed by atoms with E-state index in [2.05, 4.69) is 112 Å². The summed E-state index contributed by atoms with van der Waals surface area (Å²) < 4.78 is 16.6. The van der Waals surface area contributed by atoms with Crippen molar-refractivity contribution in [3.63, 3.8) is 0 Å². The maximum Gasteiger partial charge on any atom is 0.306 e. The fraction of sp³-hybridized carbons (Fsp3) is 0.456. The second-order valence-electron chi connectivity index (χ2n) is 14.7. The van der Waals surface area contributed by atoms with Crippen molar-refractivity contribution in [3.8, 4) is 0 Å². The highest BCUT2D eigenvalue weighted by atomic mass is 16.6. The van der Waals surface area contributed by atoms with E-state index in [0.717, 1.165) is 89.9 Å². The van der Waals surface area contributed by atoms with Crippen LogP contribution in [-0.2, 0) is 28.6 Å². The zero-order chi connectivity index (χ0) is 45.8. The minimum atomic E-state index is -0.862. The van der Waals surface area contributed by atoms with Gasteiger partial charge >= 0.3 is 17.9 Å². The third kappa shape index (κ3) is 47.7. The van der Waals surface area contributed by atoms with Gasteiger partial charge in [-0.1, -0.05) is 210 Å². The van der Waals surface area contributed by atoms with Gasteiger partial charge in [0.15, 0.2) is 6.10 Å². The molecule has 0 aliphatic heterocycles. The molecule has 6 heteroatoms. The number of allylic oxidation sites excluding steroid dienone is 28. The Morgan fingerprint density at radius 1 is 0.333 bits per heavy atom. The highest BCUT2D eigenvalue weighted by Crippen LogP contribution is 2.10. The first-order chi connectivity index (χ1) is 31.0. The van der Waals surface area contributed by atoms with Crippen molar-refractivity contribution in [2.24, 2.45) is 0 Å². The molecule has 0 spiro atoms.